The van der Waals surface area contributed by atoms with Crippen molar-refractivity contribution in [2.75, 3.05) is 6.61 Å². The number of hydrogen-bond acceptors (Lipinski definition) is 4. The molecule has 2 amide bonds. The number of rotatable bonds is 8. The molecule has 7 heteroatoms. The maximum Gasteiger partial charge on any atom is 0.407 e. The molecule has 0 saturated heterocycles. The molecule has 186 valence electrons. The highest BCUT2D eigenvalue weighted by Gasteiger charge is 2.44. The van der Waals surface area contributed by atoms with Gasteiger partial charge in [-0.3, -0.25) is 9.59 Å². The lowest BCUT2D eigenvalue weighted by atomic mass is 9.71. The smallest absolute Gasteiger partial charge is 0.407 e. The van der Waals surface area contributed by atoms with E-state index in [0.29, 0.717) is 25.7 Å². The van der Waals surface area contributed by atoms with E-state index in [1.54, 1.807) is 6.92 Å². The van der Waals surface area contributed by atoms with Crippen molar-refractivity contribution in [3.63, 3.8) is 0 Å². The van der Waals surface area contributed by atoms with Gasteiger partial charge in [0.15, 0.2) is 0 Å². The Morgan fingerprint density at radius 2 is 1.69 bits per heavy atom. The van der Waals surface area contributed by atoms with Crippen molar-refractivity contribution in [1.29, 1.82) is 0 Å². The van der Waals surface area contributed by atoms with Crippen LogP contribution in [0.5, 0.6) is 0 Å². The summed E-state index contributed by atoms with van der Waals surface area (Å²) in [5.74, 6) is -1.33. The largest absolute Gasteiger partial charge is 0.481 e. The third-order valence-corrected chi connectivity index (χ3v) is 7.54. The molecule has 2 aliphatic rings. The molecular weight excluding hydrogens is 444 g/mol. The molecule has 0 radical (unpaired) electrons. The number of fused-ring (bicyclic) bond motifs is 3. The Labute approximate surface area is 206 Å². The summed E-state index contributed by atoms with van der Waals surface area (Å²) in [7, 11) is 0. The summed E-state index contributed by atoms with van der Waals surface area (Å²) in [6, 6.07) is 15.0. The number of hydrogen-bond donors (Lipinski definition) is 3. The Kier molecular flexibility index (Phi) is 7.43. The number of amides is 2. The van der Waals surface area contributed by atoms with Gasteiger partial charge in [-0.15, -0.1) is 0 Å². The van der Waals surface area contributed by atoms with Crippen LogP contribution in [0.25, 0.3) is 11.1 Å². The molecule has 7 nitrogen and oxygen atoms in total. The molecular formula is C28H34N2O5. The van der Waals surface area contributed by atoms with Gasteiger partial charge in [0.1, 0.15) is 12.6 Å². The molecule has 1 saturated carbocycles. The highest BCUT2D eigenvalue weighted by atomic mass is 16.5. The first-order valence-corrected chi connectivity index (χ1v) is 12.5. The summed E-state index contributed by atoms with van der Waals surface area (Å²) in [6.45, 7) is 3.79. The zero-order valence-corrected chi connectivity index (χ0v) is 20.4. The zero-order valence-electron chi connectivity index (χ0n) is 20.4. The van der Waals surface area contributed by atoms with Gasteiger partial charge in [0.25, 0.3) is 0 Å². The summed E-state index contributed by atoms with van der Waals surface area (Å²) in [5, 5.41) is 15.4. The molecule has 0 bridgehead atoms. The SMILES string of the molecule is CCCC(NC(=O)OCC1c2ccccc2-c2ccccc21)C(=O)NC1CCCCC1(C)C(=O)O. The summed E-state index contributed by atoms with van der Waals surface area (Å²) >= 11 is 0. The number of nitrogens with one attached hydrogen (secondary N) is 2. The highest BCUT2D eigenvalue weighted by molar-refractivity contribution is 5.87. The number of carboxylic acids is 1. The second-order valence-electron chi connectivity index (χ2n) is 9.84. The maximum absolute atomic E-state index is 13.1. The third-order valence-electron chi connectivity index (χ3n) is 7.54. The lowest BCUT2D eigenvalue weighted by Gasteiger charge is -2.39. The fourth-order valence-electron chi connectivity index (χ4n) is 5.43. The average molecular weight is 479 g/mol. The van der Waals surface area contributed by atoms with Gasteiger partial charge in [-0.1, -0.05) is 74.7 Å². The quantitative estimate of drug-likeness (QED) is 0.503. The third kappa shape index (κ3) is 5.04. The molecule has 2 aliphatic carbocycles. The molecule has 2 aromatic rings. The Bertz CT molecular complexity index is 1050. The number of aliphatic carboxylic acids is 1. The van der Waals surface area contributed by atoms with Crippen LogP contribution in [0.3, 0.4) is 0 Å². The number of benzene rings is 2. The van der Waals surface area contributed by atoms with Crippen LogP contribution in [0.4, 0.5) is 4.79 Å². The van der Waals surface area contributed by atoms with Gasteiger partial charge >= 0.3 is 12.1 Å². The Hall–Kier alpha value is -3.35. The first-order valence-electron chi connectivity index (χ1n) is 12.5. The second kappa shape index (κ2) is 10.5. The molecule has 3 N–H and O–H groups in total. The van der Waals surface area contributed by atoms with Crippen LogP contribution in [0.1, 0.15) is 69.4 Å². The van der Waals surface area contributed by atoms with Crippen molar-refractivity contribution in [2.24, 2.45) is 5.41 Å². The normalized spacial score (nSPS) is 21.9. The first kappa shape index (κ1) is 24.8. The maximum atomic E-state index is 13.1. The molecule has 0 spiro atoms. The molecule has 0 aromatic heterocycles. The fraction of sp³-hybridized carbons (Fsp3) is 0.464. The van der Waals surface area contributed by atoms with Gasteiger partial charge in [0.2, 0.25) is 5.91 Å². The highest BCUT2D eigenvalue weighted by Crippen LogP contribution is 2.44. The summed E-state index contributed by atoms with van der Waals surface area (Å²) < 4.78 is 5.61. The van der Waals surface area contributed by atoms with Crippen LogP contribution >= 0.6 is 0 Å². The lowest BCUT2D eigenvalue weighted by Crippen LogP contribution is -2.56. The second-order valence-corrected chi connectivity index (χ2v) is 9.84. The van der Waals surface area contributed by atoms with Crippen molar-refractivity contribution in [1.82, 2.24) is 10.6 Å². The average Bonchev–Trinajstić information content (AvgIpc) is 3.17. The van der Waals surface area contributed by atoms with E-state index in [9.17, 15) is 19.5 Å². The Balaban J connectivity index is 1.40. The molecule has 4 rings (SSSR count). The molecule has 35 heavy (non-hydrogen) atoms. The van der Waals surface area contributed by atoms with Gasteiger partial charge in [-0.25, -0.2) is 4.79 Å². The number of carboxylic acid groups (broad SMARTS) is 1. The Morgan fingerprint density at radius 3 is 2.29 bits per heavy atom. The van der Waals surface area contributed by atoms with Crippen LogP contribution in [0.15, 0.2) is 48.5 Å². The minimum absolute atomic E-state index is 0.0647. The number of carbonyl (C=O) groups is 3. The molecule has 1 fully saturated rings. The summed E-state index contributed by atoms with van der Waals surface area (Å²) in [6.07, 6.45) is 3.29. The molecule has 2 aromatic carbocycles. The van der Waals surface area contributed by atoms with Crippen molar-refractivity contribution >= 4 is 18.0 Å². The van der Waals surface area contributed by atoms with E-state index in [1.807, 2.05) is 31.2 Å². The first-order chi connectivity index (χ1) is 16.8. The number of ether oxygens (including phenoxy) is 1. The monoisotopic (exact) mass is 478 g/mol. The van der Waals surface area contributed by atoms with E-state index in [-0.39, 0.29) is 18.4 Å². The zero-order chi connectivity index (χ0) is 25.0. The standard InChI is InChI=1S/C28H34N2O5/c1-3-10-23(25(31)30-24-15-8-9-16-28(24,2)26(32)33)29-27(34)35-17-22-20-13-6-4-11-18(20)19-12-5-7-14-21(19)22/h4-7,11-14,22-24H,3,8-10,15-17H2,1-2H3,(H,29,34)(H,30,31)(H,32,33). The van der Waals surface area contributed by atoms with E-state index in [0.717, 1.165) is 35.1 Å². The van der Waals surface area contributed by atoms with Crippen LogP contribution in [0.2, 0.25) is 0 Å². The topological polar surface area (TPSA) is 105 Å². The summed E-state index contributed by atoms with van der Waals surface area (Å²) in [4.78, 5) is 37.7. The molecule has 3 atom stereocenters. The van der Waals surface area contributed by atoms with E-state index in [1.165, 1.54) is 0 Å². The van der Waals surface area contributed by atoms with Gasteiger partial charge in [-0.2, -0.15) is 0 Å². The Morgan fingerprint density at radius 1 is 1.06 bits per heavy atom. The molecule has 0 aliphatic heterocycles. The predicted octanol–water partition coefficient (Wildman–Crippen LogP) is 4.84. The van der Waals surface area contributed by atoms with Gasteiger partial charge in [0, 0.05) is 12.0 Å². The van der Waals surface area contributed by atoms with E-state index < -0.39 is 29.6 Å². The number of alkyl carbamates (subject to hydrolysis) is 1. The van der Waals surface area contributed by atoms with E-state index >= 15 is 0 Å². The van der Waals surface area contributed by atoms with Crippen molar-refractivity contribution in [3.05, 3.63) is 59.7 Å². The number of carbonyl (C=O) groups excluding carboxylic acids is 2. The van der Waals surface area contributed by atoms with Gasteiger partial charge in [-0.05, 0) is 48.4 Å². The van der Waals surface area contributed by atoms with E-state index in [2.05, 4.69) is 34.9 Å². The van der Waals surface area contributed by atoms with Crippen molar-refractivity contribution < 1.29 is 24.2 Å². The molecule has 3 unspecified atom stereocenters. The van der Waals surface area contributed by atoms with Gasteiger partial charge in [0.05, 0.1) is 5.41 Å². The van der Waals surface area contributed by atoms with Crippen LogP contribution < -0.4 is 10.6 Å². The minimum atomic E-state index is -1.01. The van der Waals surface area contributed by atoms with Gasteiger partial charge < -0.3 is 20.5 Å². The minimum Gasteiger partial charge on any atom is -0.481 e. The summed E-state index contributed by atoms with van der Waals surface area (Å²) in [5.41, 5.74) is 3.53. The predicted molar refractivity (Wildman–Crippen MR) is 133 cm³/mol. The molecule has 0 heterocycles. The van der Waals surface area contributed by atoms with Crippen LogP contribution in [0, 0.1) is 5.41 Å². The van der Waals surface area contributed by atoms with E-state index in [4.69, 9.17) is 4.74 Å². The van der Waals surface area contributed by atoms with Crippen LogP contribution in [-0.4, -0.2) is 41.8 Å². The lowest BCUT2D eigenvalue weighted by molar-refractivity contribution is -0.152. The van der Waals surface area contributed by atoms with Crippen molar-refractivity contribution in [2.45, 2.75) is 70.4 Å². The van der Waals surface area contributed by atoms with Crippen molar-refractivity contribution in [3.8, 4) is 11.1 Å². The fourth-order valence-corrected chi connectivity index (χ4v) is 5.43. The van der Waals surface area contributed by atoms with Crippen LogP contribution in [-0.2, 0) is 14.3 Å².